The summed E-state index contributed by atoms with van der Waals surface area (Å²) in [6.07, 6.45) is 6.61. The molecule has 0 radical (unpaired) electrons. The van der Waals surface area contributed by atoms with Gasteiger partial charge in [0.05, 0.1) is 29.9 Å². The zero-order valence-corrected chi connectivity index (χ0v) is 12.1. The lowest BCUT2D eigenvalue weighted by atomic mass is 10.1. The molecular formula is C16H16N4O2. The molecule has 0 saturated heterocycles. The number of carbonyl (C=O) groups excluding carboxylic acids is 1. The SMILES string of the molecule is Cc1ccn2ncc(C(=O)NC(CO)c3cccnc3)c2c1. The number of fused-ring (bicyclic) bond motifs is 1. The molecule has 1 atom stereocenters. The van der Waals surface area contributed by atoms with Crippen LogP contribution in [0.4, 0.5) is 0 Å². The number of amides is 1. The molecule has 0 fully saturated rings. The van der Waals surface area contributed by atoms with Crippen molar-refractivity contribution in [1.29, 1.82) is 0 Å². The Morgan fingerprint density at radius 3 is 3.00 bits per heavy atom. The van der Waals surface area contributed by atoms with Gasteiger partial charge in [-0.1, -0.05) is 6.07 Å². The Morgan fingerprint density at radius 2 is 2.27 bits per heavy atom. The van der Waals surface area contributed by atoms with Crippen LogP contribution in [-0.2, 0) is 0 Å². The first-order chi connectivity index (χ1) is 10.7. The van der Waals surface area contributed by atoms with Gasteiger partial charge < -0.3 is 10.4 Å². The van der Waals surface area contributed by atoms with E-state index in [0.717, 1.165) is 16.6 Å². The lowest BCUT2D eigenvalue weighted by molar-refractivity contribution is 0.0917. The smallest absolute Gasteiger partial charge is 0.255 e. The van der Waals surface area contributed by atoms with E-state index in [1.165, 1.54) is 6.20 Å². The number of aliphatic hydroxyl groups is 1. The molecule has 0 saturated carbocycles. The van der Waals surface area contributed by atoms with Crippen LogP contribution in [0.2, 0.25) is 0 Å². The molecule has 22 heavy (non-hydrogen) atoms. The molecule has 3 rings (SSSR count). The molecule has 0 aromatic carbocycles. The molecule has 6 nitrogen and oxygen atoms in total. The molecule has 3 heterocycles. The Bertz CT molecular complexity index is 798. The molecule has 1 amide bonds. The third kappa shape index (κ3) is 2.68. The van der Waals surface area contributed by atoms with Crippen molar-refractivity contribution >= 4 is 11.4 Å². The molecule has 0 aliphatic heterocycles. The van der Waals surface area contributed by atoms with Crippen molar-refractivity contribution in [2.75, 3.05) is 6.61 Å². The van der Waals surface area contributed by atoms with Crippen LogP contribution in [-0.4, -0.2) is 32.2 Å². The Morgan fingerprint density at radius 1 is 1.41 bits per heavy atom. The summed E-state index contributed by atoms with van der Waals surface area (Å²) < 4.78 is 1.65. The van der Waals surface area contributed by atoms with Crippen molar-refractivity contribution in [2.24, 2.45) is 0 Å². The fraction of sp³-hybridized carbons (Fsp3) is 0.188. The minimum absolute atomic E-state index is 0.199. The van der Waals surface area contributed by atoms with Gasteiger partial charge in [0.1, 0.15) is 0 Å². The van der Waals surface area contributed by atoms with Crippen LogP contribution in [0.15, 0.2) is 49.1 Å². The van der Waals surface area contributed by atoms with Crippen LogP contribution in [0.1, 0.15) is 27.5 Å². The number of rotatable bonds is 4. The first-order valence-electron chi connectivity index (χ1n) is 6.94. The second kappa shape index (κ2) is 5.95. The van der Waals surface area contributed by atoms with Gasteiger partial charge in [0.25, 0.3) is 5.91 Å². The third-order valence-corrected chi connectivity index (χ3v) is 3.50. The highest BCUT2D eigenvalue weighted by atomic mass is 16.3. The number of pyridine rings is 2. The van der Waals surface area contributed by atoms with Crippen LogP contribution in [0, 0.1) is 6.92 Å². The molecule has 0 spiro atoms. The first kappa shape index (κ1) is 14.2. The van der Waals surface area contributed by atoms with Crippen LogP contribution >= 0.6 is 0 Å². The number of carbonyl (C=O) groups is 1. The Hall–Kier alpha value is -2.73. The van der Waals surface area contributed by atoms with E-state index < -0.39 is 6.04 Å². The fourth-order valence-electron chi connectivity index (χ4n) is 2.31. The summed E-state index contributed by atoms with van der Waals surface area (Å²) in [6, 6.07) is 6.91. The molecule has 0 aliphatic rings. The second-order valence-electron chi connectivity index (χ2n) is 5.09. The van der Waals surface area contributed by atoms with E-state index in [-0.39, 0.29) is 12.5 Å². The van der Waals surface area contributed by atoms with Crippen molar-refractivity contribution in [2.45, 2.75) is 13.0 Å². The minimum atomic E-state index is -0.499. The summed E-state index contributed by atoms with van der Waals surface area (Å²) in [6.45, 7) is 1.76. The number of aromatic nitrogens is 3. The zero-order chi connectivity index (χ0) is 15.5. The summed E-state index contributed by atoms with van der Waals surface area (Å²) in [5.41, 5.74) is 3.02. The third-order valence-electron chi connectivity index (χ3n) is 3.50. The van der Waals surface area contributed by atoms with Gasteiger partial charge in [-0.25, -0.2) is 4.52 Å². The summed E-state index contributed by atoms with van der Waals surface area (Å²) in [7, 11) is 0. The topological polar surface area (TPSA) is 79.5 Å². The van der Waals surface area contributed by atoms with Crippen LogP contribution in [0.5, 0.6) is 0 Å². The first-order valence-corrected chi connectivity index (χ1v) is 6.94. The van der Waals surface area contributed by atoms with Gasteiger partial charge in [0.2, 0.25) is 0 Å². The summed E-state index contributed by atoms with van der Waals surface area (Å²) in [4.78, 5) is 16.5. The van der Waals surface area contributed by atoms with E-state index in [0.29, 0.717) is 5.56 Å². The highest BCUT2D eigenvalue weighted by Crippen LogP contribution is 2.15. The Labute approximate surface area is 127 Å². The Kier molecular flexibility index (Phi) is 3.84. The van der Waals surface area contributed by atoms with E-state index in [1.54, 1.807) is 23.0 Å². The van der Waals surface area contributed by atoms with Gasteiger partial charge in [0, 0.05) is 18.6 Å². The minimum Gasteiger partial charge on any atom is -0.394 e. The predicted octanol–water partition coefficient (Wildman–Crippen LogP) is 1.50. The maximum absolute atomic E-state index is 12.5. The number of nitrogens with one attached hydrogen (secondary N) is 1. The van der Waals surface area contributed by atoms with Crippen molar-refractivity contribution in [1.82, 2.24) is 19.9 Å². The molecule has 112 valence electrons. The predicted molar refractivity (Wildman–Crippen MR) is 81.5 cm³/mol. The second-order valence-corrected chi connectivity index (χ2v) is 5.09. The van der Waals surface area contributed by atoms with Crippen LogP contribution in [0.3, 0.4) is 0 Å². The van der Waals surface area contributed by atoms with Crippen molar-refractivity contribution in [3.63, 3.8) is 0 Å². The lowest BCUT2D eigenvalue weighted by Crippen LogP contribution is -2.30. The highest BCUT2D eigenvalue weighted by Gasteiger charge is 2.18. The fourth-order valence-corrected chi connectivity index (χ4v) is 2.31. The van der Waals surface area contributed by atoms with Crippen molar-refractivity contribution < 1.29 is 9.90 Å². The number of aliphatic hydroxyl groups excluding tert-OH is 1. The van der Waals surface area contributed by atoms with E-state index in [4.69, 9.17) is 0 Å². The molecule has 3 aromatic rings. The monoisotopic (exact) mass is 296 g/mol. The van der Waals surface area contributed by atoms with Crippen LogP contribution in [0.25, 0.3) is 5.52 Å². The quantitative estimate of drug-likeness (QED) is 0.764. The molecule has 6 heteroatoms. The van der Waals surface area contributed by atoms with E-state index in [2.05, 4.69) is 15.4 Å². The van der Waals surface area contributed by atoms with Gasteiger partial charge in [-0.2, -0.15) is 5.10 Å². The number of hydrogen-bond donors (Lipinski definition) is 2. The molecule has 0 aliphatic carbocycles. The normalized spacial score (nSPS) is 12.3. The number of hydrogen-bond acceptors (Lipinski definition) is 4. The van der Waals surface area contributed by atoms with Gasteiger partial charge in [-0.15, -0.1) is 0 Å². The van der Waals surface area contributed by atoms with Gasteiger partial charge >= 0.3 is 0 Å². The van der Waals surface area contributed by atoms with Gasteiger partial charge in [-0.3, -0.25) is 9.78 Å². The van der Waals surface area contributed by atoms with Gasteiger partial charge in [0.15, 0.2) is 0 Å². The molecule has 0 bridgehead atoms. The van der Waals surface area contributed by atoms with E-state index in [1.807, 2.05) is 31.3 Å². The average molecular weight is 296 g/mol. The number of aryl methyl sites for hydroxylation is 1. The van der Waals surface area contributed by atoms with Gasteiger partial charge in [-0.05, 0) is 36.2 Å². The molecular weight excluding hydrogens is 280 g/mol. The lowest BCUT2D eigenvalue weighted by Gasteiger charge is -2.15. The average Bonchev–Trinajstić information content (AvgIpc) is 2.96. The van der Waals surface area contributed by atoms with Crippen LogP contribution < -0.4 is 5.32 Å². The van der Waals surface area contributed by atoms with Crippen molar-refractivity contribution in [3.8, 4) is 0 Å². The molecule has 1 unspecified atom stereocenters. The molecule has 3 aromatic heterocycles. The largest absolute Gasteiger partial charge is 0.394 e. The summed E-state index contributed by atoms with van der Waals surface area (Å²) in [5, 5.41) is 16.5. The standard InChI is InChI=1S/C16H16N4O2/c1-11-4-6-20-15(7-11)13(9-18-20)16(22)19-14(10-21)12-3-2-5-17-8-12/h2-9,14,21H,10H2,1H3,(H,19,22). The highest BCUT2D eigenvalue weighted by molar-refractivity contribution is 6.00. The Balaban J connectivity index is 1.88. The molecule has 2 N–H and O–H groups in total. The summed E-state index contributed by atoms with van der Waals surface area (Å²) in [5.74, 6) is -0.275. The van der Waals surface area contributed by atoms with E-state index >= 15 is 0 Å². The van der Waals surface area contributed by atoms with Crippen molar-refractivity contribution in [3.05, 3.63) is 65.7 Å². The van der Waals surface area contributed by atoms with E-state index in [9.17, 15) is 9.90 Å². The summed E-state index contributed by atoms with van der Waals surface area (Å²) >= 11 is 0. The number of nitrogens with zero attached hydrogens (tertiary/aromatic N) is 3. The zero-order valence-electron chi connectivity index (χ0n) is 12.1. The maximum Gasteiger partial charge on any atom is 0.255 e. The maximum atomic E-state index is 12.5.